The van der Waals surface area contributed by atoms with E-state index >= 15 is 0 Å². The van der Waals surface area contributed by atoms with Gasteiger partial charge >= 0.3 is 0 Å². The third-order valence-corrected chi connectivity index (χ3v) is 2.38. The Morgan fingerprint density at radius 2 is 1.85 bits per heavy atom. The van der Waals surface area contributed by atoms with Crippen molar-refractivity contribution in [1.82, 2.24) is 5.32 Å². The lowest BCUT2D eigenvalue weighted by Crippen LogP contribution is -2.30. The molecule has 1 atom stereocenters. The molecule has 0 spiro atoms. The molecule has 0 saturated heterocycles. The van der Waals surface area contributed by atoms with Gasteiger partial charge < -0.3 is 5.32 Å². The molecular weight excluding hydrogens is 186 g/mol. The van der Waals surface area contributed by atoms with Gasteiger partial charge in [-0.2, -0.15) is 10.5 Å². The number of dihydropyridines is 1. The van der Waals surface area contributed by atoms with E-state index in [1.165, 1.54) is 0 Å². The van der Waals surface area contributed by atoms with Crippen LogP contribution in [0.3, 0.4) is 0 Å². The normalized spacial score (nSPS) is 22.1. The predicted molar refractivity (Wildman–Crippen MR) is 49.4 cm³/mol. The topological polar surface area (TPSA) is 59.6 Å². The van der Waals surface area contributed by atoms with E-state index in [1.807, 2.05) is 26.0 Å². The minimum absolute atomic E-state index is 0.0132. The zero-order chi connectivity index (χ0) is 10.0. The van der Waals surface area contributed by atoms with Crippen LogP contribution in [0.25, 0.3) is 0 Å². The van der Waals surface area contributed by atoms with Gasteiger partial charge in [-0.3, -0.25) is 0 Å². The Morgan fingerprint density at radius 1 is 1.31 bits per heavy atom. The van der Waals surface area contributed by atoms with Crippen molar-refractivity contribution in [3.63, 3.8) is 0 Å². The fourth-order valence-electron chi connectivity index (χ4n) is 1.14. The van der Waals surface area contributed by atoms with Gasteiger partial charge in [0.1, 0.15) is 22.9 Å². The monoisotopic (exact) mass is 193 g/mol. The van der Waals surface area contributed by atoms with Crippen molar-refractivity contribution in [1.29, 1.82) is 10.5 Å². The first-order chi connectivity index (χ1) is 6.11. The molecule has 1 N–H and O–H groups in total. The summed E-state index contributed by atoms with van der Waals surface area (Å²) in [5, 5.41) is 20.7. The van der Waals surface area contributed by atoms with Crippen LogP contribution in [0, 0.1) is 22.7 Å². The molecule has 4 heteroatoms. The highest BCUT2D eigenvalue weighted by molar-refractivity contribution is 6.30. The van der Waals surface area contributed by atoms with Crippen LogP contribution in [0.4, 0.5) is 0 Å². The Balaban J connectivity index is 3.32. The third-order valence-electron chi connectivity index (χ3n) is 2.08. The fraction of sp³-hybridized carbons (Fsp3) is 0.333. The maximum absolute atomic E-state index is 8.82. The Morgan fingerprint density at radius 3 is 2.31 bits per heavy atom. The molecular formula is C9H8ClN3. The van der Waals surface area contributed by atoms with Crippen LogP contribution < -0.4 is 5.32 Å². The van der Waals surface area contributed by atoms with E-state index in [0.29, 0.717) is 5.57 Å². The number of rotatable bonds is 0. The lowest BCUT2D eigenvalue weighted by molar-refractivity contribution is 0.697. The van der Waals surface area contributed by atoms with E-state index in [4.69, 9.17) is 22.1 Å². The molecule has 0 aromatic rings. The van der Waals surface area contributed by atoms with Crippen molar-refractivity contribution < 1.29 is 0 Å². The Bertz CT molecular complexity index is 379. The van der Waals surface area contributed by atoms with Crippen LogP contribution >= 0.6 is 11.6 Å². The zero-order valence-corrected chi connectivity index (χ0v) is 8.11. The molecule has 0 aromatic heterocycles. The lowest BCUT2D eigenvalue weighted by Gasteiger charge is -2.22. The molecule has 1 heterocycles. The predicted octanol–water partition coefficient (Wildman–Crippen LogP) is 1.79. The van der Waals surface area contributed by atoms with Gasteiger partial charge in [0.15, 0.2) is 0 Å². The van der Waals surface area contributed by atoms with Crippen molar-refractivity contribution in [3.8, 4) is 12.1 Å². The fourth-order valence-corrected chi connectivity index (χ4v) is 1.44. The SMILES string of the molecule is CC1=C(C#N)C(C#N)=C(Cl)NC1C. The number of nitriles is 2. The molecule has 0 radical (unpaired) electrons. The Kier molecular flexibility index (Phi) is 2.60. The molecule has 13 heavy (non-hydrogen) atoms. The Labute approximate surface area is 81.9 Å². The van der Waals surface area contributed by atoms with E-state index in [9.17, 15) is 0 Å². The molecule has 0 fully saturated rings. The van der Waals surface area contributed by atoms with Crippen LogP contribution in [-0.2, 0) is 0 Å². The second-order valence-electron chi connectivity index (χ2n) is 2.84. The molecule has 0 aromatic carbocycles. The van der Waals surface area contributed by atoms with Crippen LogP contribution in [0.2, 0.25) is 0 Å². The Hall–Kier alpha value is -1.45. The van der Waals surface area contributed by atoms with Crippen LogP contribution in [-0.4, -0.2) is 6.04 Å². The average Bonchev–Trinajstić information content (AvgIpc) is 2.10. The van der Waals surface area contributed by atoms with E-state index in [0.717, 1.165) is 5.57 Å². The summed E-state index contributed by atoms with van der Waals surface area (Å²) in [5.41, 5.74) is 1.47. The van der Waals surface area contributed by atoms with Crippen molar-refractivity contribution >= 4 is 11.6 Å². The maximum atomic E-state index is 8.82. The summed E-state index contributed by atoms with van der Waals surface area (Å²) >= 11 is 5.78. The van der Waals surface area contributed by atoms with Gasteiger partial charge in [-0.05, 0) is 19.4 Å². The summed E-state index contributed by atoms with van der Waals surface area (Å²) in [6, 6.07) is 3.91. The minimum atomic E-state index is 0.0132. The van der Waals surface area contributed by atoms with Gasteiger partial charge in [0.25, 0.3) is 0 Å². The molecule has 0 bridgehead atoms. The van der Waals surface area contributed by atoms with E-state index < -0.39 is 0 Å². The van der Waals surface area contributed by atoms with E-state index in [1.54, 1.807) is 0 Å². The van der Waals surface area contributed by atoms with Crippen LogP contribution in [0.1, 0.15) is 13.8 Å². The third kappa shape index (κ3) is 1.52. The standard InChI is InChI=1S/C9H8ClN3/c1-5-6(2)13-9(10)8(4-12)7(5)3-11/h6,13H,1-2H3. The van der Waals surface area contributed by atoms with E-state index in [2.05, 4.69) is 5.32 Å². The number of nitrogens with one attached hydrogen (secondary N) is 1. The quantitative estimate of drug-likeness (QED) is 0.597. The van der Waals surface area contributed by atoms with Gasteiger partial charge in [0.2, 0.25) is 0 Å². The summed E-state index contributed by atoms with van der Waals surface area (Å²) in [4.78, 5) is 0. The smallest absolute Gasteiger partial charge is 0.122 e. The molecule has 0 saturated carbocycles. The highest BCUT2D eigenvalue weighted by Gasteiger charge is 2.22. The van der Waals surface area contributed by atoms with Crippen molar-refractivity contribution in [2.45, 2.75) is 19.9 Å². The molecule has 66 valence electrons. The average molecular weight is 194 g/mol. The number of hydrogen-bond donors (Lipinski definition) is 1. The second kappa shape index (κ2) is 3.51. The largest absolute Gasteiger partial charge is 0.368 e. The molecule has 1 rings (SSSR count). The second-order valence-corrected chi connectivity index (χ2v) is 3.21. The van der Waals surface area contributed by atoms with Gasteiger partial charge in [-0.25, -0.2) is 0 Å². The molecule has 1 aliphatic heterocycles. The highest BCUT2D eigenvalue weighted by Crippen LogP contribution is 2.25. The zero-order valence-electron chi connectivity index (χ0n) is 7.35. The first-order valence-corrected chi connectivity index (χ1v) is 4.17. The number of nitrogens with zero attached hydrogens (tertiary/aromatic N) is 2. The van der Waals surface area contributed by atoms with Gasteiger partial charge in [-0.1, -0.05) is 11.6 Å². The van der Waals surface area contributed by atoms with Crippen molar-refractivity contribution in [2.75, 3.05) is 0 Å². The molecule has 1 aliphatic rings. The van der Waals surface area contributed by atoms with E-state index in [-0.39, 0.29) is 16.8 Å². The first kappa shape index (κ1) is 9.64. The highest BCUT2D eigenvalue weighted by atomic mass is 35.5. The summed E-state index contributed by atoms with van der Waals surface area (Å²) < 4.78 is 0. The summed E-state index contributed by atoms with van der Waals surface area (Å²) in [6.45, 7) is 3.71. The molecule has 1 unspecified atom stereocenters. The first-order valence-electron chi connectivity index (χ1n) is 3.79. The van der Waals surface area contributed by atoms with Crippen molar-refractivity contribution in [2.24, 2.45) is 0 Å². The van der Waals surface area contributed by atoms with Crippen LogP contribution in [0.5, 0.6) is 0 Å². The molecule has 3 nitrogen and oxygen atoms in total. The lowest BCUT2D eigenvalue weighted by atomic mass is 9.96. The van der Waals surface area contributed by atoms with Gasteiger partial charge in [0, 0.05) is 6.04 Å². The summed E-state index contributed by atoms with van der Waals surface area (Å²) in [6.07, 6.45) is 0. The number of allylic oxidation sites excluding steroid dienone is 2. The molecule has 0 aliphatic carbocycles. The summed E-state index contributed by atoms with van der Waals surface area (Å²) in [5.74, 6) is 0. The minimum Gasteiger partial charge on any atom is -0.368 e. The maximum Gasteiger partial charge on any atom is 0.122 e. The summed E-state index contributed by atoms with van der Waals surface area (Å²) in [7, 11) is 0. The van der Waals surface area contributed by atoms with Gasteiger partial charge in [-0.15, -0.1) is 0 Å². The van der Waals surface area contributed by atoms with Crippen LogP contribution in [0.15, 0.2) is 21.9 Å². The number of halogens is 1. The van der Waals surface area contributed by atoms with Crippen molar-refractivity contribution in [3.05, 3.63) is 21.9 Å². The molecule has 0 amide bonds. The van der Waals surface area contributed by atoms with Gasteiger partial charge in [0.05, 0.1) is 5.57 Å². The number of hydrogen-bond acceptors (Lipinski definition) is 3.